The van der Waals surface area contributed by atoms with Crippen molar-refractivity contribution < 1.29 is 19.4 Å². The molecule has 1 N–H and O–H groups in total. The fraction of sp³-hybridized carbons (Fsp3) is 0.500. The number of methoxy groups -OCH3 is 1. The fourth-order valence-corrected chi connectivity index (χ4v) is 1.72. The Morgan fingerprint density at radius 1 is 1.37 bits per heavy atom. The highest BCUT2D eigenvalue weighted by molar-refractivity contribution is 5.94. The molecule has 0 spiro atoms. The molecule has 0 aliphatic rings. The number of aliphatic hydroxyl groups excluding tert-OH is 1. The van der Waals surface area contributed by atoms with Crippen molar-refractivity contribution in [2.75, 3.05) is 33.9 Å². The van der Waals surface area contributed by atoms with Crippen molar-refractivity contribution in [2.45, 2.75) is 13.0 Å². The highest BCUT2D eigenvalue weighted by Crippen LogP contribution is 2.13. The molecule has 1 rings (SSSR count). The van der Waals surface area contributed by atoms with Gasteiger partial charge in [-0.05, 0) is 31.2 Å². The van der Waals surface area contributed by atoms with Crippen LogP contribution in [-0.2, 0) is 4.74 Å². The second-order valence-corrected chi connectivity index (χ2v) is 4.25. The lowest BCUT2D eigenvalue weighted by molar-refractivity contribution is 0.0380. The normalized spacial score (nSPS) is 12.0. The number of likely N-dealkylation sites (N-methyl/N-ethyl adjacent to an activating group) is 1. The molecule has 1 unspecified atom stereocenters. The summed E-state index contributed by atoms with van der Waals surface area (Å²) in [4.78, 5) is 13.6. The molecular formula is C14H21NO4. The van der Waals surface area contributed by atoms with Gasteiger partial charge >= 0.3 is 0 Å². The molecule has 106 valence electrons. The number of carbonyl (C=O) groups excluding carboxylic acids is 1. The van der Waals surface area contributed by atoms with Crippen LogP contribution in [0.25, 0.3) is 0 Å². The second kappa shape index (κ2) is 7.76. The van der Waals surface area contributed by atoms with Gasteiger partial charge in [-0.2, -0.15) is 0 Å². The van der Waals surface area contributed by atoms with Crippen molar-refractivity contribution in [1.82, 2.24) is 4.90 Å². The summed E-state index contributed by atoms with van der Waals surface area (Å²) >= 11 is 0. The summed E-state index contributed by atoms with van der Waals surface area (Å²) in [6, 6.07) is 6.95. The number of hydrogen-bond acceptors (Lipinski definition) is 4. The number of ether oxygens (including phenoxy) is 2. The predicted octanol–water partition coefficient (Wildman–Crippen LogP) is 1.16. The van der Waals surface area contributed by atoms with Crippen molar-refractivity contribution in [3.63, 3.8) is 0 Å². The van der Waals surface area contributed by atoms with Crippen LogP contribution in [0.5, 0.6) is 5.75 Å². The topological polar surface area (TPSA) is 59.0 Å². The highest BCUT2D eigenvalue weighted by Gasteiger charge is 2.15. The third-order valence-corrected chi connectivity index (χ3v) is 2.60. The van der Waals surface area contributed by atoms with Crippen molar-refractivity contribution in [2.24, 2.45) is 0 Å². The van der Waals surface area contributed by atoms with Gasteiger partial charge in [-0.1, -0.05) is 0 Å². The Bertz CT molecular complexity index is 391. The van der Waals surface area contributed by atoms with Crippen molar-refractivity contribution >= 4 is 5.91 Å². The standard InChI is InChI=1S/C14H21NO4/c1-4-19-13-7-5-11(6-8-13)14(17)15(2)9-12(16)10-18-3/h5-8,12,16H,4,9-10H2,1-3H3. The van der Waals surface area contributed by atoms with Gasteiger partial charge in [-0.15, -0.1) is 0 Å². The molecule has 5 nitrogen and oxygen atoms in total. The van der Waals surface area contributed by atoms with Crippen LogP contribution in [-0.4, -0.2) is 55.9 Å². The largest absolute Gasteiger partial charge is 0.494 e. The van der Waals surface area contributed by atoms with E-state index in [0.29, 0.717) is 12.2 Å². The van der Waals surface area contributed by atoms with Crippen molar-refractivity contribution in [1.29, 1.82) is 0 Å². The molecular weight excluding hydrogens is 246 g/mol. The number of amides is 1. The number of nitrogens with zero attached hydrogens (tertiary/aromatic N) is 1. The Balaban J connectivity index is 2.60. The Kier molecular flexibility index (Phi) is 6.32. The summed E-state index contributed by atoms with van der Waals surface area (Å²) in [5.74, 6) is 0.597. The number of rotatable bonds is 7. The van der Waals surface area contributed by atoms with Crippen LogP contribution in [0, 0.1) is 0 Å². The molecule has 0 aliphatic heterocycles. The number of benzene rings is 1. The van der Waals surface area contributed by atoms with E-state index in [2.05, 4.69) is 0 Å². The van der Waals surface area contributed by atoms with Crippen LogP contribution >= 0.6 is 0 Å². The maximum Gasteiger partial charge on any atom is 0.253 e. The van der Waals surface area contributed by atoms with E-state index in [-0.39, 0.29) is 19.1 Å². The third-order valence-electron chi connectivity index (χ3n) is 2.60. The Hall–Kier alpha value is -1.59. The van der Waals surface area contributed by atoms with Gasteiger partial charge in [0.05, 0.1) is 19.3 Å². The van der Waals surface area contributed by atoms with E-state index >= 15 is 0 Å². The number of hydrogen-bond donors (Lipinski definition) is 1. The van der Waals surface area contributed by atoms with Crippen LogP contribution in [0.1, 0.15) is 17.3 Å². The first kappa shape index (κ1) is 15.5. The van der Waals surface area contributed by atoms with Gasteiger partial charge in [0, 0.05) is 26.3 Å². The van der Waals surface area contributed by atoms with Crippen LogP contribution < -0.4 is 4.74 Å². The van der Waals surface area contributed by atoms with Crippen molar-refractivity contribution in [3.05, 3.63) is 29.8 Å². The minimum absolute atomic E-state index is 0.141. The molecule has 0 aromatic heterocycles. The molecule has 1 amide bonds. The second-order valence-electron chi connectivity index (χ2n) is 4.25. The predicted molar refractivity (Wildman–Crippen MR) is 72.5 cm³/mol. The smallest absolute Gasteiger partial charge is 0.253 e. The summed E-state index contributed by atoms with van der Waals surface area (Å²) in [5, 5.41) is 9.59. The van der Waals surface area contributed by atoms with E-state index in [1.807, 2.05) is 6.92 Å². The van der Waals surface area contributed by atoms with Gasteiger partial charge in [-0.3, -0.25) is 4.79 Å². The van der Waals surface area contributed by atoms with Crippen molar-refractivity contribution in [3.8, 4) is 5.75 Å². The molecule has 0 radical (unpaired) electrons. The molecule has 1 aromatic carbocycles. The number of aliphatic hydroxyl groups is 1. The maximum atomic E-state index is 12.1. The monoisotopic (exact) mass is 267 g/mol. The zero-order valence-electron chi connectivity index (χ0n) is 11.6. The van der Waals surface area contributed by atoms with Crippen LogP contribution in [0.15, 0.2) is 24.3 Å². The Labute approximate surface area is 113 Å². The Morgan fingerprint density at radius 2 is 2.00 bits per heavy atom. The van der Waals surface area contributed by atoms with Gasteiger partial charge in [0.25, 0.3) is 5.91 Å². The highest BCUT2D eigenvalue weighted by atomic mass is 16.5. The van der Waals surface area contributed by atoms with Crippen LogP contribution in [0.4, 0.5) is 0 Å². The van der Waals surface area contributed by atoms with E-state index in [1.165, 1.54) is 12.0 Å². The molecule has 19 heavy (non-hydrogen) atoms. The van der Waals surface area contributed by atoms with Gasteiger partial charge in [0.1, 0.15) is 5.75 Å². The van der Waals surface area contributed by atoms with Crippen LogP contribution in [0.3, 0.4) is 0 Å². The first-order valence-electron chi connectivity index (χ1n) is 6.23. The summed E-state index contributed by atoms with van der Waals surface area (Å²) in [5.41, 5.74) is 0.565. The Morgan fingerprint density at radius 3 is 2.53 bits per heavy atom. The van der Waals surface area contributed by atoms with Gasteiger partial charge < -0.3 is 19.5 Å². The van der Waals surface area contributed by atoms with E-state index in [9.17, 15) is 9.90 Å². The molecule has 0 heterocycles. The van der Waals surface area contributed by atoms with Gasteiger partial charge in [0.15, 0.2) is 0 Å². The molecule has 0 saturated heterocycles. The minimum Gasteiger partial charge on any atom is -0.494 e. The maximum absolute atomic E-state index is 12.1. The number of carbonyl (C=O) groups is 1. The molecule has 0 saturated carbocycles. The third kappa shape index (κ3) is 4.89. The molecule has 0 bridgehead atoms. The average Bonchev–Trinajstić information content (AvgIpc) is 2.39. The minimum atomic E-state index is -0.679. The molecule has 1 aromatic rings. The van der Waals surface area contributed by atoms with E-state index in [0.717, 1.165) is 5.75 Å². The quantitative estimate of drug-likeness (QED) is 0.805. The van der Waals surface area contributed by atoms with Gasteiger partial charge in [0.2, 0.25) is 0 Å². The lowest BCUT2D eigenvalue weighted by atomic mass is 10.2. The summed E-state index contributed by atoms with van der Waals surface area (Å²) < 4.78 is 10.1. The fourth-order valence-electron chi connectivity index (χ4n) is 1.72. The zero-order chi connectivity index (χ0) is 14.3. The summed E-state index contributed by atoms with van der Waals surface area (Å²) in [6.45, 7) is 2.95. The zero-order valence-corrected chi connectivity index (χ0v) is 11.6. The van der Waals surface area contributed by atoms with E-state index in [1.54, 1.807) is 31.3 Å². The molecule has 1 atom stereocenters. The SMILES string of the molecule is CCOc1ccc(C(=O)N(C)CC(O)COC)cc1. The first-order valence-corrected chi connectivity index (χ1v) is 6.23. The molecule has 5 heteroatoms. The average molecular weight is 267 g/mol. The van der Waals surface area contributed by atoms with E-state index in [4.69, 9.17) is 9.47 Å². The van der Waals surface area contributed by atoms with E-state index < -0.39 is 6.10 Å². The summed E-state index contributed by atoms with van der Waals surface area (Å²) in [7, 11) is 3.16. The first-order chi connectivity index (χ1) is 9.08. The van der Waals surface area contributed by atoms with Crippen LogP contribution in [0.2, 0.25) is 0 Å². The molecule has 0 aliphatic carbocycles. The summed E-state index contributed by atoms with van der Waals surface area (Å²) in [6.07, 6.45) is -0.679. The molecule has 0 fully saturated rings. The lowest BCUT2D eigenvalue weighted by Crippen LogP contribution is -2.36. The van der Waals surface area contributed by atoms with Gasteiger partial charge in [-0.25, -0.2) is 0 Å². The lowest BCUT2D eigenvalue weighted by Gasteiger charge is -2.20.